The van der Waals surface area contributed by atoms with E-state index in [-0.39, 0.29) is 16.9 Å². The van der Waals surface area contributed by atoms with Gasteiger partial charge in [-0.15, -0.1) is 0 Å². The third kappa shape index (κ3) is 4.89. The molecule has 0 atom stereocenters. The highest BCUT2D eigenvalue weighted by Gasteiger charge is 2.25. The van der Waals surface area contributed by atoms with Gasteiger partial charge in [0.25, 0.3) is 5.91 Å². The molecule has 0 radical (unpaired) electrons. The lowest BCUT2D eigenvalue weighted by molar-refractivity contribution is 0.0595. The number of likely N-dealkylation sites (tertiary alicyclic amines) is 1. The molecule has 0 bridgehead atoms. The van der Waals surface area contributed by atoms with Gasteiger partial charge in [0.15, 0.2) is 9.84 Å². The number of rotatable bonds is 5. The molecular formula is C27H30N2O4S. The van der Waals surface area contributed by atoms with Crippen molar-refractivity contribution in [3.05, 3.63) is 83.1 Å². The Bertz CT molecular complexity index is 1240. The predicted octanol–water partition coefficient (Wildman–Crippen LogP) is 3.63. The van der Waals surface area contributed by atoms with Gasteiger partial charge >= 0.3 is 0 Å². The highest BCUT2D eigenvalue weighted by molar-refractivity contribution is 7.90. The minimum Gasteiger partial charge on any atom is -0.490 e. The number of hydrogen-bond donors (Lipinski definition) is 0. The van der Waals surface area contributed by atoms with Gasteiger partial charge in [-0.1, -0.05) is 12.1 Å². The molecule has 1 aliphatic carbocycles. The maximum absolute atomic E-state index is 12.8. The van der Waals surface area contributed by atoms with Crippen LogP contribution in [-0.2, 0) is 22.7 Å². The normalized spacial score (nSPS) is 18.6. The van der Waals surface area contributed by atoms with Crippen molar-refractivity contribution < 1.29 is 17.9 Å². The Morgan fingerprint density at radius 1 is 0.941 bits per heavy atom. The maximum Gasteiger partial charge on any atom is 0.253 e. The number of nitrogens with zero attached hydrogens (tertiary/aromatic N) is 2. The second-order valence-electron chi connectivity index (χ2n) is 9.27. The number of carbonyl (C=O) groups is 1. The SMILES string of the molecule is CS(=O)(=O)c1ccc(C(=O)N2CCC(Oc3ccc4c(c3)CCN(C3=CC=C3)CC4)CC2)cc1. The number of ether oxygens (including phenoxy) is 1. The summed E-state index contributed by atoms with van der Waals surface area (Å²) in [5, 5.41) is 0. The number of fused-ring (bicyclic) bond motifs is 1. The summed E-state index contributed by atoms with van der Waals surface area (Å²) in [5.41, 5.74) is 4.62. The lowest BCUT2D eigenvalue weighted by Crippen LogP contribution is -2.41. The van der Waals surface area contributed by atoms with E-state index < -0.39 is 9.84 Å². The Morgan fingerprint density at radius 3 is 2.24 bits per heavy atom. The number of allylic oxidation sites excluding steroid dienone is 3. The highest BCUT2D eigenvalue weighted by Crippen LogP contribution is 2.27. The van der Waals surface area contributed by atoms with E-state index in [0.717, 1.165) is 50.8 Å². The van der Waals surface area contributed by atoms with Crippen LogP contribution in [0.1, 0.15) is 34.3 Å². The summed E-state index contributed by atoms with van der Waals surface area (Å²) in [4.78, 5) is 17.3. The van der Waals surface area contributed by atoms with Crippen LogP contribution in [0.2, 0.25) is 0 Å². The van der Waals surface area contributed by atoms with Gasteiger partial charge in [0.05, 0.1) is 4.90 Å². The first-order valence-electron chi connectivity index (χ1n) is 11.9. The Balaban J connectivity index is 1.15. The van der Waals surface area contributed by atoms with Gasteiger partial charge in [0.2, 0.25) is 0 Å². The Hall–Kier alpha value is -3.06. The second kappa shape index (κ2) is 9.29. The molecular weight excluding hydrogens is 448 g/mol. The zero-order valence-corrected chi connectivity index (χ0v) is 20.3. The monoisotopic (exact) mass is 478 g/mol. The first-order chi connectivity index (χ1) is 16.4. The number of amides is 1. The standard InChI is InChI=1S/C27H30N2O4S/c1-34(31,32)26-9-6-21(7-10-26)27(30)29-17-13-24(14-18-29)33-25-8-5-20-11-15-28(23-3-2-4-23)16-12-22(20)19-25/h2-10,19,24H,11-18H2,1H3. The van der Waals surface area contributed by atoms with Gasteiger partial charge in [-0.25, -0.2) is 8.42 Å². The van der Waals surface area contributed by atoms with E-state index in [1.807, 2.05) is 4.90 Å². The molecule has 34 heavy (non-hydrogen) atoms. The van der Waals surface area contributed by atoms with Gasteiger partial charge in [0.1, 0.15) is 11.9 Å². The third-order valence-corrected chi connectivity index (χ3v) is 8.07. The van der Waals surface area contributed by atoms with E-state index in [0.29, 0.717) is 18.7 Å². The van der Waals surface area contributed by atoms with Crippen molar-refractivity contribution >= 4 is 15.7 Å². The summed E-state index contributed by atoms with van der Waals surface area (Å²) >= 11 is 0. The Labute approximate surface area is 201 Å². The summed E-state index contributed by atoms with van der Waals surface area (Å²) in [7, 11) is -3.27. The average Bonchev–Trinajstić information content (AvgIpc) is 3.00. The smallest absolute Gasteiger partial charge is 0.253 e. The topological polar surface area (TPSA) is 66.9 Å². The number of hydrogen-bond acceptors (Lipinski definition) is 5. The molecule has 2 aromatic carbocycles. The number of carbonyl (C=O) groups excluding carboxylic acids is 1. The molecule has 5 rings (SSSR count). The first kappa shape index (κ1) is 22.7. The molecule has 1 amide bonds. The summed E-state index contributed by atoms with van der Waals surface area (Å²) in [6.07, 6.45) is 11.3. The Kier molecular flexibility index (Phi) is 6.21. The molecule has 2 heterocycles. The zero-order valence-electron chi connectivity index (χ0n) is 19.4. The molecule has 2 aromatic rings. The predicted molar refractivity (Wildman–Crippen MR) is 132 cm³/mol. The van der Waals surface area contributed by atoms with E-state index >= 15 is 0 Å². The van der Waals surface area contributed by atoms with Crippen LogP contribution in [0.5, 0.6) is 5.75 Å². The minimum atomic E-state index is -3.27. The molecule has 2 aliphatic heterocycles. The van der Waals surface area contributed by atoms with Crippen LogP contribution in [0.3, 0.4) is 0 Å². The molecule has 1 fully saturated rings. The fourth-order valence-corrected chi connectivity index (χ4v) is 5.45. The van der Waals surface area contributed by atoms with Crippen molar-refractivity contribution in [2.45, 2.75) is 36.7 Å². The fraction of sp³-hybridized carbons (Fsp3) is 0.370. The van der Waals surface area contributed by atoms with Crippen LogP contribution < -0.4 is 4.74 Å². The minimum absolute atomic E-state index is 0.0653. The van der Waals surface area contributed by atoms with Crippen LogP contribution in [0.25, 0.3) is 0 Å². The molecule has 0 unspecified atom stereocenters. The van der Waals surface area contributed by atoms with Gasteiger partial charge < -0.3 is 14.5 Å². The molecule has 1 saturated heterocycles. The van der Waals surface area contributed by atoms with E-state index in [1.165, 1.54) is 29.0 Å². The van der Waals surface area contributed by atoms with Crippen molar-refractivity contribution in [3.8, 4) is 5.75 Å². The van der Waals surface area contributed by atoms with Gasteiger partial charge in [-0.3, -0.25) is 4.79 Å². The van der Waals surface area contributed by atoms with Gasteiger partial charge in [-0.05, 0) is 72.5 Å². The fourth-order valence-electron chi connectivity index (χ4n) is 4.82. The van der Waals surface area contributed by atoms with Crippen molar-refractivity contribution in [1.82, 2.24) is 9.80 Å². The lowest BCUT2D eigenvalue weighted by Gasteiger charge is -2.32. The Morgan fingerprint density at radius 2 is 1.62 bits per heavy atom. The van der Waals surface area contributed by atoms with E-state index in [1.54, 1.807) is 12.1 Å². The quantitative estimate of drug-likeness (QED) is 0.657. The van der Waals surface area contributed by atoms with Crippen LogP contribution in [-0.4, -0.2) is 62.7 Å². The molecule has 7 heteroatoms. The van der Waals surface area contributed by atoms with Crippen molar-refractivity contribution in [1.29, 1.82) is 0 Å². The number of benzene rings is 2. The molecule has 0 saturated carbocycles. The molecule has 0 N–H and O–H groups in total. The van der Waals surface area contributed by atoms with Gasteiger partial charge in [0, 0.05) is 56.5 Å². The summed E-state index contributed by atoms with van der Waals surface area (Å²) in [5.74, 6) is 0.848. The van der Waals surface area contributed by atoms with Gasteiger partial charge in [-0.2, -0.15) is 0 Å². The second-order valence-corrected chi connectivity index (χ2v) is 11.3. The summed E-state index contributed by atoms with van der Waals surface area (Å²) in [6, 6.07) is 12.7. The first-order valence-corrected chi connectivity index (χ1v) is 13.8. The van der Waals surface area contributed by atoms with Crippen LogP contribution in [0.4, 0.5) is 0 Å². The van der Waals surface area contributed by atoms with Crippen LogP contribution in [0, 0.1) is 0 Å². The van der Waals surface area contributed by atoms with Crippen molar-refractivity contribution in [3.63, 3.8) is 0 Å². The number of sulfone groups is 1. The summed E-state index contributed by atoms with van der Waals surface area (Å²) in [6.45, 7) is 3.32. The van der Waals surface area contributed by atoms with E-state index in [4.69, 9.17) is 4.74 Å². The maximum atomic E-state index is 12.8. The van der Waals surface area contributed by atoms with E-state index in [9.17, 15) is 13.2 Å². The lowest BCUT2D eigenvalue weighted by atomic mass is 10.0. The largest absolute Gasteiger partial charge is 0.490 e. The third-order valence-electron chi connectivity index (χ3n) is 6.94. The average molecular weight is 479 g/mol. The molecule has 3 aliphatic rings. The van der Waals surface area contributed by atoms with Crippen LogP contribution >= 0.6 is 0 Å². The highest BCUT2D eigenvalue weighted by atomic mass is 32.2. The van der Waals surface area contributed by atoms with E-state index in [2.05, 4.69) is 41.3 Å². The molecule has 178 valence electrons. The summed E-state index contributed by atoms with van der Waals surface area (Å²) < 4.78 is 29.6. The zero-order chi connectivity index (χ0) is 23.7. The molecule has 0 spiro atoms. The van der Waals surface area contributed by atoms with Crippen molar-refractivity contribution in [2.24, 2.45) is 0 Å². The van der Waals surface area contributed by atoms with Crippen molar-refractivity contribution in [2.75, 3.05) is 32.4 Å². The van der Waals surface area contributed by atoms with Crippen LogP contribution in [0.15, 0.2) is 71.3 Å². The molecule has 0 aromatic heterocycles. The molecule has 6 nitrogen and oxygen atoms in total. The number of piperidine rings is 1.